The molecule has 0 aliphatic carbocycles. The van der Waals surface area contributed by atoms with E-state index < -0.39 is 0 Å². The van der Waals surface area contributed by atoms with Gasteiger partial charge in [0.05, 0.1) is 17.5 Å². The lowest BCUT2D eigenvalue weighted by Gasteiger charge is -2.34. The Bertz CT molecular complexity index is 1050. The van der Waals surface area contributed by atoms with Crippen molar-refractivity contribution in [3.63, 3.8) is 0 Å². The second kappa shape index (κ2) is 9.75. The quantitative estimate of drug-likeness (QED) is 0.572. The number of nitrogens with zero attached hydrogens (tertiary/aromatic N) is 3. The Morgan fingerprint density at radius 2 is 2.10 bits per heavy atom. The fourth-order valence-electron chi connectivity index (χ4n) is 3.22. The summed E-state index contributed by atoms with van der Waals surface area (Å²) in [5, 5.41) is 6.02. The number of para-hydroxylation sites is 1. The molecule has 156 valence electrons. The summed E-state index contributed by atoms with van der Waals surface area (Å²) in [6.07, 6.45) is 1.39. The average molecular weight is 463 g/mol. The molecule has 1 aliphatic rings. The minimum atomic E-state index is -0.119. The highest BCUT2D eigenvalue weighted by atomic mass is 35.5. The fourth-order valence-corrected chi connectivity index (χ4v) is 3.93. The Labute approximate surface area is 190 Å². The largest absolute Gasteiger partial charge is 0.474 e. The molecule has 0 saturated carbocycles. The van der Waals surface area contributed by atoms with Crippen LogP contribution >= 0.6 is 35.4 Å². The van der Waals surface area contributed by atoms with E-state index in [0.717, 1.165) is 16.5 Å². The first-order chi connectivity index (χ1) is 14.6. The molecular formula is C21H20Cl2N4O2S. The van der Waals surface area contributed by atoms with Crippen molar-refractivity contribution >= 4 is 51.4 Å². The molecule has 0 amide bonds. The molecule has 1 N–H and O–H groups in total. The fraction of sp³-hybridized carbons (Fsp3) is 0.286. The number of morpholine rings is 1. The lowest BCUT2D eigenvalue weighted by atomic mass is 10.2. The van der Waals surface area contributed by atoms with Gasteiger partial charge in [0.25, 0.3) is 0 Å². The summed E-state index contributed by atoms with van der Waals surface area (Å²) in [6.45, 7) is 2.82. The van der Waals surface area contributed by atoms with E-state index in [1.165, 1.54) is 6.33 Å². The van der Waals surface area contributed by atoms with Crippen molar-refractivity contribution in [2.75, 3.05) is 26.3 Å². The molecule has 0 spiro atoms. The van der Waals surface area contributed by atoms with Gasteiger partial charge in [-0.25, -0.2) is 9.97 Å². The third-order valence-electron chi connectivity index (χ3n) is 4.78. The number of ether oxygens (including phenoxy) is 2. The Morgan fingerprint density at radius 3 is 2.97 bits per heavy atom. The molecule has 0 bridgehead atoms. The average Bonchev–Trinajstić information content (AvgIpc) is 2.77. The molecule has 0 radical (unpaired) electrons. The van der Waals surface area contributed by atoms with E-state index in [4.69, 9.17) is 44.9 Å². The molecule has 30 heavy (non-hydrogen) atoms. The van der Waals surface area contributed by atoms with Crippen LogP contribution in [0.2, 0.25) is 10.0 Å². The Hall–Kier alpha value is -2.19. The van der Waals surface area contributed by atoms with E-state index in [2.05, 4.69) is 20.2 Å². The standard InChI is InChI=1S/C21H20Cl2N4O2S/c22-15-6-5-14(18(23)9-15)10-24-21(30)27-7-8-28-16(11-27)12-29-20-17-3-1-2-4-19(17)25-13-26-20/h1-6,9,13,16H,7-8,10-12H2,(H,24,30). The van der Waals surface area contributed by atoms with Crippen LogP contribution in [0.4, 0.5) is 0 Å². The molecule has 2 heterocycles. The first kappa shape index (κ1) is 21.1. The van der Waals surface area contributed by atoms with Crippen molar-refractivity contribution in [3.8, 4) is 5.88 Å². The van der Waals surface area contributed by atoms with Gasteiger partial charge in [-0.05, 0) is 42.0 Å². The molecule has 3 aromatic rings. The number of hydrogen-bond acceptors (Lipinski definition) is 5. The summed E-state index contributed by atoms with van der Waals surface area (Å²) < 4.78 is 11.8. The molecule has 4 rings (SSSR count). The monoisotopic (exact) mass is 462 g/mol. The third-order valence-corrected chi connectivity index (χ3v) is 5.77. The second-order valence-corrected chi connectivity index (χ2v) is 8.07. The molecule has 2 aromatic carbocycles. The SMILES string of the molecule is S=C(NCc1ccc(Cl)cc1Cl)N1CCOC(COc2ncnc3ccccc23)C1. The maximum atomic E-state index is 6.23. The van der Waals surface area contributed by atoms with Gasteiger partial charge >= 0.3 is 0 Å². The molecule has 6 nitrogen and oxygen atoms in total. The van der Waals surface area contributed by atoms with Gasteiger partial charge < -0.3 is 19.7 Å². The second-order valence-electron chi connectivity index (χ2n) is 6.84. The van der Waals surface area contributed by atoms with Crippen LogP contribution in [-0.4, -0.2) is 52.4 Å². The number of thiocarbonyl (C=S) groups is 1. The molecule has 1 aliphatic heterocycles. The van der Waals surface area contributed by atoms with Gasteiger partial charge in [-0.1, -0.05) is 41.4 Å². The number of rotatable bonds is 5. The number of aromatic nitrogens is 2. The van der Waals surface area contributed by atoms with Gasteiger partial charge in [0.2, 0.25) is 5.88 Å². The smallest absolute Gasteiger partial charge is 0.224 e. The van der Waals surface area contributed by atoms with Crippen LogP contribution in [0, 0.1) is 0 Å². The number of benzene rings is 2. The van der Waals surface area contributed by atoms with Crippen LogP contribution in [0.3, 0.4) is 0 Å². The normalized spacial score (nSPS) is 16.5. The van der Waals surface area contributed by atoms with Crippen LogP contribution in [-0.2, 0) is 11.3 Å². The first-order valence-corrected chi connectivity index (χ1v) is 10.7. The van der Waals surface area contributed by atoms with Crippen LogP contribution in [0.25, 0.3) is 10.9 Å². The molecule has 1 fully saturated rings. The molecule has 1 aromatic heterocycles. The minimum Gasteiger partial charge on any atom is -0.474 e. The zero-order valence-corrected chi connectivity index (χ0v) is 18.4. The highest BCUT2D eigenvalue weighted by molar-refractivity contribution is 7.80. The van der Waals surface area contributed by atoms with Crippen molar-refractivity contribution in [2.24, 2.45) is 0 Å². The predicted octanol–water partition coefficient (Wildman–Crippen LogP) is 4.09. The lowest BCUT2D eigenvalue weighted by Crippen LogP contribution is -2.50. The van der Waals surface area contributed by atoms with Crippen molar-refractivity contribution in [1.29, 1.82) is 0 Å². The van der Waals surface area contributed by atoms with Crippen molar-refractivity contribution in [1.82, 2.24) is 20.2 Å². The van der Waals surface area contributed by atoms with Crippen molar-refractivity contribution in [3.05, 3.63) is 64.4 Å². The van der Waals surface area contributed by atoms with Crippen molar-refractivity contribution < 1.29 is 9.47 Å². The summed E-state index contributed by atoms with van der Waals surface area (Å²) in [7, 11) is 0. The van der Waals surface area contributed by atoms with Crippen LogP contribution in [0.15, 0.2) is 48.8 Å². The number of halogens is 2. The van der Waals surface area contributed by atoms with Gasteiger partial charge in [-0.3, -0.25) is 0 Å². The van der Waals surface area contributed by atoms with Gasteiger partial charge in [-0.2, -0.15) is 0 Å². The van der Waals surface area contributed by atoms with Gasteiger partial charge in [0.15, 0.2) is 5.11 Å². The van der Waals surface area contributed by atoms with Crippen molar-refractivity contribution in [2.45, 2.75) is 12.6 Å². The van der Waals surface area contributed by atoms with E-state index in [1.54, 1.807) is 6.07 Å². The van der Waals surface area contributed by atoms with Crippen LogP contribution in [0.5, 0.6) is 5.88 Å². The first-order valence-electron chi connectivity index (χ1n) is 9.51. The predicted molar refractivity (Wildman–Crippen MR) is 122 cm³/mol. The van der Waals surface area contributed by atoms with E-state index in [0.29, 0.717) is 53.9 Å². The minimum absolute atomic E-state index is 0.119. The van der Waals surface area contributed by atoms with Crippen LogP contribution in [0.1, 0.15) is 5.56 Å². The van der Waals surface area contributed by atoms with Gasteiger partial charge in [0.1, 0.15) is 19.0 Å². The van der Waals surface area contributed by atoms with E-state index in [-0.39, 0.29) is 6.10 Å². The summed E-state index contributed by atoms with van der Waals surface area (Å²) in [5.74, 6) is 0.555. The summed E-state index contributed by atoms with van der Waals surface area (Å²) >= 11 is 17.8. The maximum Gasteiger partial charge on any atom is 0.224 e. The van der Waals surface area contributed by atoms with Crippen LogP contribution < -0.4 is 10.1 Å². The zero-order valence-electron chi connectivity index (χ0n) is 16.1. The highest BCUT2D eigenvalue weighted by Gasteiger charge is 2.23. The number of hydrogen-bond donors (Lipinski definition) is 1. The maximum absolute atomic E-state index is 6.23. The van der Waals surface area contributed by atoms with Gasteiger partial charge in [0, 0.05) is 29.7 Å². The van der Waals surface area contributed by atoms with E-state index >= 15 is 0 Å². The summed E-state index contributed by atoms with van der Waals surface area (Å²) in [5.41, 5.74) is 1.78. The topological polar surface area (TPSA) is 59.5 Å². The summed E-state index contributed by atoms with van der Waals surface area (Å²) in [6, 6.07) is 13.2. The number of fused-ring (bicyclic) bond motifs is 1. The molecule has 9 heteroatoms. The number of nitrogens with one attached hydrogen (secondary N) is 1. The Balaban J connectivity index is 1.32. The Morgan fingerprint density at radius 1 is 1.23 bits per heavy atom. The Kier molecular flexibility index (Phi) is 6.84. The molecular weight excluding hydrogens is 443 g/mol. The molecule has 1 atom stereocenters. The molecule has 1 saturated heterocycles. The molecule has 1 unspecified atom stereocenters. The van der Waals surface area contributed by atoms with E-state index in [9.17, 15) is 0 Å². The zero-order chi connectivity index (χ0) is 20.9. The highest BCUT2D eigenvalue weighted by Crippen LogP contribution is 2.22. The summed E-state index contributed by atoms with van der Waals surface area (Å²) in [4.78, 5) is 10.6. The third kappa shape index (κ3) is 5.10. The van der Waals surface area contributed by atoms with E-state index in [1.807, 2.05) is 36.4 Å². The van der Waals surface area contributed by atoms with Gasteiger partial charge in [-0.15, -0.1) is 0 Å². The lowest BCUT2D eigenvalue weighted by molar-refractivity contribution is -0.0292.